The van der Waals surface area contributed by atoms with E-state index in [4.69, 9.17) is 23.2 Å². The lowest BCUT2D eigenvalue weighted by Crippen LogP contribution is -2.57. The first-order chi connectivity index (χ1) is 20.7. The molecule has 3 amide bonds. The monoisotopic (exact) mass is 621 g/mol. The minimum atomic E-state index is -0.472. The van der Waals surface area contributed by atoms with Gasteiger partial charge < -0.3 is 15.1 Å². The van der Waals surface area contributed by atoms with E-state index in [1.165, 1.54) is 0 Å². The maximum absolute atomic E-state index is 13.2. The van der Waals surface area contributed by atoms with Crippen molar-refractivity contribution in [3.8, 4) is 0 Å². The highest BCUT2D eigenvalue weighted by molar-refractivity contribution is 6.35. The molecule has 0 atom stereocenters. The number of hydrogen-bond donors (Lipinski definition) is 1. The van der Waals surface area contributed by atoms with Crippen LogP contribution in [0, 0.1) is 13.8 Å². The summed E-state index contributed by atoms with van der Waals surface area (Å²) in [6.07, 6.45) is 0. The number of benzene rings is 3. The highest BCUT2D eigenvalue weighted by Gasteiger charge is 2.33. The second kappa shape index (κ2) is 13.9. The average molecular weight is 623 g/mol. The Morgan fingerprint density at radius 1 is 0.698 bits per heavy atom. The van der Waals surface area contributed by atoms with Crippen molar-refractivity contribution in [2.24, 2.45) is 0 Å². The van der Waals surface area contributed by atoms with E-state index in [9.17, 15) is 14.4 Å². The molecular weight excluding hydrogens is 585 g/mol. The Balaban J connectivity index is 1.13. The molecule has 2 aliphatic rings. The molecule has 2 heterocycles. The number of rotatable bonds is 6. The van der Waals surface area contributed by atoms with Crippen molar-refractivity contribution in [1.29, 1.82) is 0 Å². The lowest BCUT2D eigenvalue weighted by Gasteiger charge is -2.40. The van der Waals surface area contributed by atoms with Crippen LogP contribution in [0.25, 0.3) is 0 Å². The van der Waals surface area contributed by atoms with E-state index in [2.05, 4.69) is 10.2 Å². The molecule has 0 spiro atoms. The number of piperazine rings is 2. The van der Waals surface area contributed by atoms with Crippen LogP contribution in [0.4, 0.5) is 5.69 Å². The molecular formula is C33H37Cl2N5O3. The van der Waals surface area contributed by atoms with Crippen molar-refractivity contribution in [2.45, 2.75) is 19.9 Å². The third-order valence-corrected chi connectivity index (χ3v) is 8.93. The van der Waals surface area contributed by atoms with Crippen LogP contribution in [0.1, 0.15) is 28.3 Å². The molecule has 2 saturated heterocycles. The summed E-state index contributed by atoms with van der Waals surface area (Å²) in [7, 11) is 0. The molecule has 8 nitrogen and oxygen atoms in total. The first-order valence-corrected chi connectivity index (χ1v) is 15.4. The van der Waals surface area contributed by atoms with Crippen molar-refractivity contribution in [2.75, 3.05) is 64.2 Å². The van der Waals surface area contributed by atoms with Crippen LogP contribution < -0.4 is 5.32 Å². The quantitative estimate of drug-likeness (QED) is 0.406. The Labute approximate surface area is 263 Å². The van der Waals surface area contributed by atoms with Crippen molar-refractivity contribution < 1.29 is 14.4 Å². The van der Waals surface area contributed by atoms with Gasteiger partial charge in [-0.15, -0.1) is 0 Å². The zero-order valence-electron chi connectivity index (χ0n) is 24.6. The van der Waals surface area contributed by atoms with Gasteiger partial charge in [0.2, 0.25) is 5.91 Å². The van der Waals surface area contributed by atoms with Crippen LogP contribution >= 0.6 is 23.2 Å². The topological polar surface area (TPSA) is 76.2 Å². The van der Waals surface area contributed by atoms with Crippen LogP contribution in [-0.4, -0.2) is 96.2 Å². The fourth-order valence-corrected chi connectivity index (χ4v) is 6.00. The van der Waals surface area contributed by atoms with E-state index in [1.807, 2.05) is 85.5 Å². The summed E-state index contributed by atoms with van der Waals surface area (Å²) < 4.78 is 0. The summed E-state index contributed by atoms with van der Waals surface area (Å²) in [5, 5.41) is 4.34. The zero-order chi connectivity index (χ0) is 30.5. The lowest BCUT2D eigenvalue weighted by molar-refractivity contribution is -0.154. The van der Waals surface area contributed by atoms with Crippen molar-refractivity contribution in [1.82, 2.24) is 19.6 Å². The maximum atomic E-state index is 13.2. The van der Waals surface area contributed by atoms with Crippen LogP contribution in [0.2, 0.25) is 10.0 Å². The fraction of sp³-hybridized carbons (Fsp3) is 0.364. The first kappa shape index (κ1) is 31.0. The van der Waals surface area contributed by atoms with Crippen LogP contribution in [0.15, 0.2) is 66.7 Å². The number of halogens is 2. The molecule has 0 bridgehead atoms. The van der Waals surface area contributed by atoms with Crippen molar-refractivity contribution >= 4 is 46.6 Å². The number of nitrogens with zero attached hydrogens (tertiary/aromatic N) is 4. The van der Waals surface area contributed by atoms with E-state index in [0.29, 0.717) is 62.4 Å². The minimum Gasteiger partial charge on any atom is -0.332 e. The van der Waals surface area contributed by atoms with Gasteiger partial charge in [0.15, 0.2) is 0 Å². The summed E-state index contributed by atoms with van der Waals surface area (Å²) >= 11 is 12.3. The smallest absolute Gasteiger partial charge is 0.312 e. The molecule has 226 valence electrons. The van der Waals surface area contributed by atoms with Gasteiger partial charge in [0, 0.05) is 68.1 Å². The molecule has 5 rings (SSSR count). The number of amides is 3. The summed E-state index contributed by atoms with van der Waals surface area (Å²) in [6.45, 7) is 8.32. The molecule has 0 aromatic heterocycles. The van der Waals surface area contributed by atoms with Crippen LogP contribution in [-0.2, 0) is 14.4 Å². The fourth-order valence-electron chi connectivity index (χ4n) is 5.75. The van der Waals surface area contributed by atoms with Gasteiger partial charge in [0.05, 0.1) is 12.6 Å². The standard InChI is InChI=1S/C33H37Cl2N5O3/c1-23-4-3-5-29(24(23)2)36-30(41)22-37-14-16-39(17-15-37)32(42)33(43)40-20-18-38(19-21-40)31(25-6-10-27(34)11-7-25)26-8-12-28(35)13-9-26/h3-13,31H,14-22H2,1-2H3,(H,36,41). The number of nitrogens with one attached hydrogen (secondary N) is 1. The molecule has 0 radical (unpaired) electrons. The normalized spacial score (nSPS) is 16.4. The largest absolute Gasteiger partial charge is 0.332 e. The van der Waals surface area contributed by atoms with Gasteiger partial charge in [-0.05, 0) is 66.4 Å². The Morgan fingerprint density at radius 2 is 1.19 bits per heavy atom. The number of anilines is 1. The third-order valence-electron chi connectivity index (χ3n) is 8.43. The van der Waals surface area contributed by atoms with Crippen molar-refractivity contribution in [3.05, 3.63) is 99.0 Å². The van der Waals surface area contributed by atoms with Gasteiger partial charge in [-0.1, -0.05) is 59.6 Å². The second-order valence-corrected chi connectivity index (χ2v) is 12.1. The summed E-state index contributed by atoms with van der Waals surface area (Å²) in [5.41, 5.74) is 5.19. The average Bonchev–Trinajstić information content (AvgIpc) is 3.01. The zero-order valence-corrected chi connectivity index (χ0v) is 26.1. The van der Waals surface area contributed by atoms with Gasteiger partial charge in [0.25, 0.3) is 0 Å². The first-order valence-electron chi connectivity index (χ1n) is 14.6. The Kier molecular flexibility index (Phi) is 10.0. The second-order valence-electron chi connectivity index (χ2n) is 11.2. The van der Waals surface area contributed by atoms with E-state index < -0.39 is 11.8 Å². The van der Waals surface area contributed by atoms with Crippen molar-refractivity contribution in [3.63, 3.8) is 0 Å². The Morgan fingerprint density at radius 3 is 1.70 bits per heavy atom. The van der Waals surface area contributed by atoms with Gasteiger partial charge in [-0.3, -0.25) is 24.2 Å². The number of carbonyl (C=O) groups is 3. The summed E-state index contributed by atoms with van der Waals surface area (Å²) in [6, 6.07) is 21.4. The molecule has 3 aromatic rings. The molecule has 0 unspecified atom stereocenters. The number of carbonyl (C=O) groups excluding carboxylic acids is 3. The minimum absolute atomic E-state index is 0.0254. The van der Waals surface area contributed by atoms with E-state index in [1.54, 1.807) is 9.80 Å². The SMILES string of the molecule is Cc1cccc(NC(=O)CN2CCN(C(=O)C(=O)N3CCN(C(c4ccc(Cl)cc4)c4ccc(Cl)cc4)CC3)CC2)c1C. The predicted molar refractivity (Wildman–Crippen MR) is 170 cm³/mol. The van der Waals surface area contributed by atoms with Gasteiger partial charge in [0.1, 0.15) is 0 Å². The molecule has 1 N–H and O–H groups in total. The molecule has 10 heteroatoms. The highest BCUT2D eigenvalue weighted by atomic mass is 35.5. The summed E-state index contributed by atoms with van der Waals surface area (Å²) in [5.74, 6) is -1.02. The third kappa shape index (κ3) is 7.57. The molecule has 0 aliphatic carbocycles. The Bertz CT molecular complexity index is 1400. The molecule has 2 aliphatic heterocycles. The maximum Gasteiger partial charge on any atom is 0.312 e. The van der Waals surface area contributed by atoms with Gasteiger partial charge in [-0.25, -0.2) is 0 Å². The van der Waals surface area contributed by atoms with Crippen LogP contribution in [0.3, 0.4) is 0 Å². The Hall–Kier alpha value is -3.43. The molecule has 2 fully saturated rings. The molecule has 43 heavy (non-hydrogen) atoms. The van der Waals surface area contributed by atoms with Gasteiger partial charge >= 0.3 is 11.8 Å². The van der Waals surface area contributed by atoms with E-state index in [0.717, 1.165) is 27.9 Å². The predicted octanol–water partition coefficient (Wildman–Crippen LogP) is 4.63. The molecule has 3 aromatic carbocycles. The van der Waals surface area contributed by atoms with E-state index in [-0.39, 0.29) is 18.5 Å². The van der Waals surface area contributed by atoms with Gasteiger partial charge in [-0.2, -0.15) is 0 Å². The summed E-state index contributed by atoms with van der Waals surface area (Å²) in [4.78, 5) is 46.6. The van der Waals surface area contributed by atoms with E-state index >= 15 is 0 Å². The number of aryl methyl sites for hydroxylation is 1. The number of hydrogen-bond acceptors (Lipinski definition) is 5. The van der Waals surface area contributed by atoms with Crippen LogP contribution in [0.5, 0.6) is 0 Å². The lowest BCUT2D eigenvalue weighted by atomic mass is 9.96. The highest BCUT2D eigenvalue weighted by Crippen LogP contribution is 2.31. The molecule has 0 saturated carbocycles.